The molecule has 0 bridgehead atoms. The van der Waals surface area contributed by atoms with Gasteiger partial charge in [0.25, 0.3) is 0 Å². The van der Waals surface area contributed by atoms with Gasteiger partial charge in [-0.15, -0.1) is 11.3 Å². The van der Waals surface area contributed by atoms with E-state index in [1.807, 2.05) is 0 Å². The molecule has 2 aromatic carbocycles. The predicted molar refractivity (Wildman–Crippen MR) is 96.3 cm³/mol. The van der Waals surface area contributed by atoms with Gasteiger partial charge in [0.2, 0.25) is 0 Å². The number of rotatable bonds is 3. The average molecular weight is 342 g/mol. The molecule has 1 fully saturated rings. The fraction of sp³-hybridized carbons (Fsp3) is 0.263. The maximum absolute atomic E-state index is 10.8. The topological polar surface area (TPSA) is 29.5 Å². The van der Waals surface area contributed by atoms with E-state index in [4.69, 9.17) is 4.74 Å². The number of hydrogen-bond donors (Lipinski definition) is 1. The van der Waals surface area contributed by atoms with Gasteiger partial charge < -0.3 is 9.84 Å². The van der Waals surface area contributed by atoms with E-state index in [9.17, 15) is 5.11 Å². The van der Waals surface area contributed by atoms with E-state index in [-0.39, 0.29) is 0 Å². The molecule has 0 radical (unpaired) electrons. The second kappa shape index (κ2) is 6.29. The molecule has 0 atom stereocenters. The first kappa shape index (κ1) is 15.2. The number of thiophene rings is 1. The molecule has 3 aromatic rings. The van der Waals surface area contributed by atoms with Crippen LogP contribution >= 0.6 is 23.1 Å². The molecule has 4 heteroatoms. The van der Waals surface area contributed by atoms with Gasteiger partial charge in [-0.05, 0) is 35.0 Å². The van der Waals surface area contributed by atoms with Crippen molar-refractivity contribution in [2.24, 2.45) is 0 Å². The van der Waals surface area contributed by atoms with Crippen LogP contribution < -0.4 is 0 Å². The standard InChI is InChI=1S/C19H18O2S2/c20-19(9-11-21-12-10-19)17-7-8-18(23-17)22-16-6-5-14-3-1-2-4-15(14)13-16/h1-8,13,20H,9-12H2. The third-order valence-corrected chi connectivity index (χ3v) is 6.70. The van der Waals surface area contributed by atoms with Crippen molar-refractivity contribution in [2.45, 2.75) is 27.5 Å². The van der Waals surface area contributed by atoms with Crippen LogP contribution in [0.3, 0.4) is 0 Å². The minimum absolute atomic E-state index is 0.640. The van der Waals surface area contributed by atoms with Crippen LogP contribution in [0.5, 0.6) is 0 Å². The van der Waals surface area contributed by atoms with Gasteiger partial charge in [-0.25, -0.2) is 0 Å². The Hall–Kier alpha value is -1.33. The quantitative estimate of drug-likeness (QED) is 0.722. The smallest absolute Gasteiger partial charge is 0.103 e. The van der Waals surface area contributed by atoms with E-state index >= 15 is 0 Å². The summed E-state index contributed by atoms with van der Waals surface area (Å²) in [5.74, 6) is 0. The number of hydrogen-bond acceptors (Lipinski definition) is 4. The molecule has 0 saturated carbocycles. The molecule has 1 aromatic heterocycles. The number of benzene rings is 2. The summed E-state index contributed by atoms with van der Waals surface area (Å²) < 4.78 is 6.59. The van der Waals surface area contributed by atoms with Crippen LogP contribution in [0, 0.1) is 0 Å². The van der Waals surface area contributed by atoms with Gasteiger partial charge >= 0.3 is 0 Å². The summed E-state index contributed by atoms with van der Waals surface area (Å²) in [6.07, 6.45) is 1.38. The molecule has 23 heavy (non-hydrogen) atoms. The zero-order valence-electron chi connectivity index (χ0n) is 12.7. The largest absolute Gasteiger partial charge is 0.384 e. The van der Waals surface area contributed by atoms with Crippen molar-refractivity contribution < 1.29 is 9.84 Å². The number of fused-ring (bicyclic) bond motifs is 1. The van der Waals surface area contributed by atoms with Crippen molar-refractivity contribution >= 4 is 33.9 Å². The van der Waals surface area contributed by atoms with E-state index in [1.165, 1.54) is 19.9 Å². The Morgan fingerprint density at radius 2 is 1.74 bits per heavy atom. The number of ether oxygens (including phenoxy) is 1. The molecule has 1 saturated heterocycles. The van der Waals surface area contributed by atoms with Crippen molar-refractivity contribution in [1.29, 1.82) is 0 Å². The lowest BCUT2D eigenvalue weighted by molar-refractivity contribution is -0.0656. The summed E-state index contributed by atoms with van der Waals surface area (Å²) in [5, 5.41) is 13.3. The molecule has 1 N–H and O–H groups in total. The Labute approximate surface area is 144 Å². The summed E-state index contributed by atoms with van der Waals surface area (Å²) >= 11 is 3.46. The fourth-order valence-electron chi connectivity index (χ4n) is 2.93. The second-order valence-electron chi connectivity index (χ2n) is 5.87. The fourth-order valence-corrected chi connectivity index (χ4v) is 5.23. The maximum Gasteiger partial charge on any atom is 0.103 e. The van der Waals surface area contributed by atoms with Gasteiger partial charge in [0.1, 0.15) is 5.60 Å². The third kappa shape index (κ3) is 3.17. The minimum Gasteiger partial charge on any atom is -0.384 e. The van der Waals surface area contributed by atoms with Crippen LogP contribution in [0.1, 0.15) is 17.7 Å². The molecule has 4 rings (SSSR count). The third-order valence-electron chi connectivity index (χ3n) is 4.30. The normalized spacial score (nSPS) is 17.4. The van der Waals surface area contributed by atoms with Crippen LogP contribution in [-0.2, 0) is 10.3 Å². The Morgan fingerprint density at radius 3 is 2.57 bits per heavy atom. The van der Waals surface area contributed by atoms with Crippen LogP contribution in [0.2, 0.25) is 0 Å². The lowest BCUT2D eigenvalue weighted by Gasteiger charge is -2.30. The molecule has 118 valence electrons. The zero-order chi connectivity index (χ0) is 15.7. The maximum atomic E-state index is 10.8. The summed E-state index contributed by atoms with van der Waals surface area (Å²) in [7, 11) is 0. The highest BCUT2D eigenvalue weighted by atomic mass is 32.2. The summed E-state index contributed by atoms with van der Waals surface area (Å²) in [6, 6.07) is 19.1. The SMILES string of the molecule is OC1(c2ccc(Sc3ccc4ccccc4c3)s2)CCOCC1. The lowest BCUT2D eigenvalue weighted by Crippen LogP contribution is -2.32. The van der Waals surface area contributed by atoms with Gasteiger partial charge in [-0.1, -0.05) is 42.1 Å². The van der Waals surface area contributed by atoms with Crippen LogP contribution in [0.4, 0.5) is 0 Å². The van der Waals surface area contributed by atoms with Crippen molar-refractivity contribution in [2.75, 3.05) is 13.2 Å². The van der Waals surface area contributed by atoms with Gasteiger partial charge in [-0.3, -0.25) is 0 Å². The highest BCUT2D eigenvalue weighted by Gasteiger charge is 2.33. The Bertz CT molecular complexity index is 819. The van der Waals surface area contributed by atoms with Crippen molar-refractivity contribution in [1.82, 2.24) is 0 Å². The van der Waals surface area contributed by atoms with E-state index in [2.05, 4.69) is 54.6 Å². The van der Waals surface area contributed by atoms with Gasteiger partial charge in [-0.2, -0.15) is 0 Å². The molecular weight excluding hydrogens is 324 g/mol. The highest BCUT2D eigenvalue weighted by molar-refractivity contribution is 8.01. The Balaban J connectivity index is 1.56. The van der Waals surface area contributed by atoms with Gasteiger partial charge in [0.15, 0.2) is 0 Å². The van der Waals surface area contributed by atoms with Crippen LogP contribution in [-0.4, -0.2) is 18.3 Å². The average Bonchev–Trinajstić information content (AvgIpc) is 3.05. The zero-order valence-corrected chi connectivity index (χ0v) is 14.3. The molecule has 2 nitrogen and oxygen atoms in total. The van der Waals surface area contributed by atoms with Crippen molar-refractivity contribution in [3.8, 4) is 0 Å². The second-order valence-corrected chi connectivity index (χ2v) is 8.33. The highest BCUT2D eigenvalue weighted by Crippen LogP contribution is 2.41. The molecule has 1 aliphatic rings. The monoisotopic (exact) mass is 342 g/mol. The lowest BCUT2D eigenvalue weighted by atomic mass is 9.93. The van der Waals surface area contributed by atoms with Crippen molar-refractivity contribution in [3.05, 3.63) is 59.5 Å². The molecular formula is C19H18O2S2. The molecule has 0 unspecified atom stereocenters. The van der Waals surface area contributed by atoms with Crippen LogP contribution in [0.25, 0.3) is 10.8 Å². The Kier molecular flexibility index (Phi) is 4.16. The first-order chi connectivity index (χ1) is 11.2. The first-order valence-electron chi connectivity index (χ1n) is 7.80. The van der Waals surface area contributed by atoms with E-state index in [1.54, 1.807) is 23.1 Å². The van der Waals surface area contributed by atoms with E-state index < -0.39 is 5.60 Å². The van der Waals surface area contributed by atoms with Gasteiger partial charge in [0, 0.05) is 35.8 Å². The van der Waals surface area contributed by atoms with Crippen molar-refractivity contribution in [3.63, 3.8) is 0 Å². The summed E-state index contributed by atoms with van der Waals surface area (Å²) in [4.78, 5) is 2.29. The van der Waals surface area contributed by atoms with Gasteiger partial charge in [0.05, 0.1) is 4.21 Å². The predicted octanol–water partition coefficient (Wildman–Crippen LogP) is 5.05. The molecule has 0 aliphatic carbocycles. The summed E-state index contributed by atoms with van der Waals surface area (Å²) in [5.41, 5.74) is -0.703. The minimum atomic E-state index is -0.703. The molecule has 2 heterocycles. The molecule has 0 spiro atoms. The van der Waals surface area contributed by atoms with E-state index in [0.29, 0.717) is 26.1 Å². The molecule has 1 aliphatic heterocycles. The summed E-state index contributed by atoms with van der Waals surface area (Å²) in [6.45, 7) is 1.28. The Morgan fingerprint density at radius 1 is 0.957 bits per heavy atom. The number of aliphatic hydroxyl groups is 1. The first-order valence-corrected chi connectivity index (χ1v) is 9.43. The van der Waals surface area contributed by atoms with Crippen LogP contribution in [0.15, 0.2) is 63.7 Å². The molecule has 0 amide bonds. The van der Waals surface area contributed by atoms with E-state index in [0.717, 1.165) is 4.88 Å².